The van der Waals surface area contributed by atoms with Crippen molar-refractivity contribution >= 4 is 0 Å². The highest BCUT2D eigenvalue weighted by Gasteiger charge is 2.49. The number of nitrogens with zero attached hydrogens (tertiary/aromatic N) is 1. The molecule has 2 rings (SSSR count). The van der Waals surface area contributed by atoms with E-state index in [-0.39, 0.29) is 5.41 Å². The van der Waals surface area contributed by atoms with Crippen molar-refractivity contribution in [2.75, 3.05) is 13.1 Å². The highest BCUT2D eigenvalue weighted by atomic mass is 16.3. The van der Waals surface area contributed by atoms with E-state index in [1.165, 1.54) is 11.5 Å². The van der Waals surface area contributed by atoms with Gasteiger partial charge < -0.3 is 5.11 Å². The van der Waals surface area contributed by atoms with Crippen molar-refractivity contribution in [2.45, 2.75) is 39.8 Å². The number of benzene rings is 1. The lowest BCUT2D eigenvalue weighted by atomic mass is 9.68. The van der Waals surface area contributed by atoms with Crippen molar-refractivity contribution in [2.24, 2.45) is 5.41 Å². The minimum Gasteiger partial charge on any atom is -0.387 e. The Labute approximate surface area is 111 Å². The quantitative estimate of drug-likeness (QED) is 0.886. The van der Waals surface area contributed by atoms with E-state index in [0.717, 1.165) is 19.6 Å². The second-order valence-corrected chi connectivity index (χ2v) is 6.54. The minimum absolute atomic E-state index is 0.0770. The summed E-state index contributed by atoms with van der Waals surface area (Å²) in [7, 11) is 0. The molecule has 1 N–H and O–H groups in total. The van der Waals surface area contributed by atoms with Gasteiger partial charge in [-0.05, 0) is 11.0 Å². The first-order chi connectivity index (χ1) is 8.31. The van der Waals surface area contributed by atoms with Gasteiger partial charge in [0, 0.05) is 25.6 Å². The molecule has 2 nitrogen and oxygen atoms in total. The van der Waals surface area contributed by atoms with Crippen LogP contribution in [0.4, 0.5) is 0 Å². The van der Waals surface area contributed by atoms with Gasteiger partial charge in [-0.25, -0.2) is 0 Å². The summed E-state index contributed by atoms with van der Waals surface area (Å²) in [4.78, 5) is 2.30. The van der Waals surface area contributed by atoms with Crippen LogP contribution in [0, 0.1) is 11.3 Å². The molecule has 1 aliphatic heterocycles. The molecule has 1 heterocycles. The number of hydrogen-bond donors (Lipinski definition) is 1. The van der Waals surface area contributed by atoms with E-state index in [4.69, 9.17) is 0 Å². The molecule has 0 aromatic heterocycles. The lowest BCUT2D eigenvalue weighted by Crippen LogP contribution is -2.65. The largest absolute Gasteiger partial charge is 0.387 e. The van der Waals surface area contributed by atoms with Gasteiger partial charge in [-0.2, -0.15) is 0 Å². The number of rotatable bonds is 3. The molecule has 1 aromatic carbocycles. The van der Waals surface area contributed by atoms with E-state index in [9.17, 15) is 5.11 Å². The molecule has 1 fully saturated rings. The van der Waals surface area contributed by atoms with Gasteiger partial charge in [0.2, 0.25) is 0 Å². The van der Waals surface area contributed by atoms with Gasteiger partial charge in [0.15, 0.2) is 0 Å². The summed E-state index contributed by atoms with van der Waals surface area (Å²) in [6.45, 7) is 11.0. The van der Waals surface area contributed by atoms with Crippen molar-refractivity contribution in [3.8, 4) is 0 Å². The van der Waals surface area contributed by atoms with Crippen molar-refractivity contribution in [1.29, 1.82) is 0 Å². The third kappa shape index (κ3) is 2.76. The van der Waals surface area contributed by atoms with Gasteiger partial charge in [0.1, 0.15) is 0 Å². The number of hydrogen-bond acceptors (Lipinski definition) is 2. The predicted molar refractivity (Wildman–Crippen MR) is 75.0 cm³/mol. The zero-order valence-electron chi connectivity index (χ0n) is 11.9. The maximum absolute atomic E-state index is 10.6. The van der Waals surface area contributed by atoms with Gasteiger partial charge in [-0.15, -0.1) is 0 Å². The van der Waals surface area contributed by atoms with Crippen LogP contribution in [0.5, 0.6) is 0 Å². The summed E-state index contributed by atoms with van der Waals surface area (Å²) in [5, 5.41) is 10.6. The Hall–Kier alpha value is -0.860. The van der Waals surface area contributed by atoms with Crippen molar-refractivity contribution < 1.29 is 5.11 Å². The number of β-amino-alcohol motifs (C(OH)–C–C–N with tert-alkyl or cyclic N) is 1. The summed E-state index contributed by atoms with van der Waals surface area (Å²) >= 11 is 0. The lowest BCUT2D eigenvalue weighted by Gasteiger charge is -2.53. The van der Waals surface area contributed by atoms with Crippen LogP contribution in [0.3, 0.4) is 0 Å². The first-order valence-electron chi connectivity index (χ1n) is 6.64. The minimum atomic E-state index is -0.590. The average molecular weight is 246 g/mol. The Balaban J connectivity index is 1.90. The molecule has 0 atom stereocenters. The molecule has 1 aliphatic rings. The molecule has 1 saturated heterocycles. The van der Waals surface area contributed by atoms with E-state index in [1.54, 1.807) is 0 Å². The highest BCUT2D eigenvalue weighted by Crippen LogP contribution is 2.41. The first-order valence-corrected chi connectivity index (χ1v) is 6.64. The van der Waals surface area contributed by atoms with Crippen molar-refractivity contribution in [3.63, 3.8) is 0 Å². The van der Waals surface area contributed by atoms with Crippen LogP contribution in [0.2, 0.25) is 0 Å². The van der Waals surface area contributed by atoms with Crippen molar-refractivity contribution in [3.05, 3.63) is 41.8 Å². The second-order valence-electron chi connectivity index (χ2n) is 6.54. The Morgan fingerprint density at radius 3 is 2.28 bits per heavy atom. The molecule has 18 heavy (non-hydrogen) atoms. The molecule has 1 aromatic rings. The normalized spacial score (nSPS) is 19.9. The topological polar surface area (TPSA) is 23.5 Å². The van der Waals surface area contributed by atoms with E-state index in [2.05, 4.69) is 56.9 Å². The second kappa shape index (κ2) is 4.67. The van der Waals surface area contributed by atoms with Crippen LogP contribution in [0.1, 0.15) is 33.3 Å². The zero-order chi connectivity index (χ0) is 13.4. The van der Waals surface area contributed by atoms with Crippen LogP contribution >= 0.6 is 0 Å². The van der Waals surface area contributed by atoms with E-state index >= 15 is 0 Å². The maximum atomic E-state index is 10.6. The summed E-state index contributed by atoms with van der Waals surface area (Å²) in [5.74, 6) is 1.19. The smallest absolute Gasteiger partial charge is 0.0964 e. The lowest BCUT2D eigenvalue weighted by molar-refractivity contribution is -0.102. The molecule has 0 saturated carbocycles. The first kappa shape index (κ1) is 13.6. The van der Waals surface area contributed by atoms with E-state index < -0.39 is 5.60 Å². The molecular formula is C16H24NO. The average Bonchev–Trinajstić information content (AvgIpc) is 2.26. The van der Waals surface area contributed by atoms with E-state index in [1.807, 2.05) is 6.07 Å². The van der Waals surface area contributed by atoms with Gasteiger partial charge in [-0.1, -0.05) is 58.0 Å². The molecule has 99 valence electrons. The highest BCUT2D eigenvalue weighted by molar-refractivity contribution is 5.21. The SMILES string of the molecule is C[C](C(C)(C)C)C1(O)CN(Cc2ccccc2)C1. The fraction of sp³-hybridized carbons (Fsp3) is 0.562. The van der Waals surface area contributed by atoms with Crippen LogP contribution in [-0.4, -0.2) is 28.7 Å². The molecule has 1 radical (unpaired) electrons. The summed E-state index contributed by atoms with van der Waals surface area (Å²) in [6, 6.07) is 10.4. The molecule has 2 heteroatoms. The Morgan fingerprint density at radius 2 is 1.78 bits per heavy atom. The molecular weight excluding hydrogens is 222 g/mol. The Kier molecular flexibility index (Phi) is 3.52. The Bertz CT molecular complexity index is 387. The Morgan fingerprint density at radius 1 is 1.22 bits per heavy atom. The summed E-state index contributed by atoms with van der Waals surface area (Å²) in [5.41, 5.74) is 0.800. The van der Waals surface area contributed by atoms with Gasteiger partial charge in [0.25, 0.3) is 0 Å². The van der Waals surface area contributed by atoms with E-state index in [0.29, 0.717) is 0 Å². The van der Waals surface area contributed by atoms with Crippen LogP contribution < -0.4 is 0 Å². The fourth-order valence-corrected chi connectivity index (χ4v) is 2.58. The standard InChI is InChI=1S/C16H24NO/c1-13(15(2,3)4)16(18)11-17(12-16)10-14-8-6-5-7-9-14/h5-9,18H,10-12H2,1-4H3. The van der Waals surface area contributed by atoms with Crippen LogP contribution in [-0.2, 0) is 6.54 Å². The van der Waals surface area contributed by atoms with Crippen molar-refractivity contribution in [1.82, 2.24) is 4.90 Å². The number of likely N-dealkylation sites (tertiary alicyclic amines) is 1. The molecule has 0 spiro atoms. The molecule has 0 unspecified atom stereocenters. The molecule has 0 bridgehead atoms. The van der Waals surface area contributed by atoms with Crippen LogP contribution in [0.15, 0.2) is 30.3 Å². The third-order valence-electron chi connectivity index (χ3n) is 4.04. The monoisotopic (exact) mass is 246 g/mol. The summed E-state index contributed by atoms with van der Waals surface area (Å²) < 4.78 is 0. The predicted octanol–water partition coefficient (Wildman–Crippen LogP) is 2.87. The third-order valence-corrected chi connectivity index (χ3v) is 4.04. The maximum Gasteiger partial charge on any atom is 0.0964 e. The summed E-state index contributed by atoms with van der Waals surface area (Å²) in [6.07, 6.45) is 0. The number of aliphatic hydroxyl groups is 1. The van der Waals surface area contributed by atoms with Gasteiger partial charge in [0.05, 0.1) is 5.60 Å². The van der Waals surface area contributed by atoms with Gasteiger partial charge in [-0.3, -0.25) is 4.90 Å². The van der Waals surface area contributed by atoms with Gasteiger partial charge >= 0.3 is 0 Å². The molecule has 0 amide bonds. The molecule has 0 aliphatic carbocycles. The fourth-order valence-electron chi connectivity index (χ4n) is 2.58. The van der Waals surface area contributed by atoms with Crippen LogP contribution in [0.25, 0.3) is 0 Å². The zero-order valence-corrected chi connectivity index (χ0v) is 11.9.